The van der Waals surface area contributed by atoms with Crippen molar-refractivity contribution in [2.45, 2.75) is 46.2 Å². The predicted octanol–water partition coefficient (Wildman–Crippen LogP) is 3.31. The molecular weight excluding hydrogens is 198 g/mol. The Morgan fingerprint density at radius 2 is 1.88 bits per heavy atom. The summed E-state index contributed by atoms with van der Waals surface area (Å²) in [6.45, 7) is 7.44. The van der Waals surface area contributed by atoms with Gasteiger partial charge in [0.25, 0.3) is 0 Å². The van der Waals surface area contributed by atoms with Crippen molar-refractivity contribution in [1.29, 1.82) is 0 Å². The maximum absolute atomic E-state index is 9.65. The fourth-order valence-corrected chi connectivity index (χ4v) is 1.93. The van der Waals surface area contributed by atoms with Crippen LogP contribution >= 0.6 is 0 Å². The molecule has 0 radical (unpaired) electrons. The third-order valence-corrected chi connectivity index (χ3v) is 3.32. The summed E-state index contributed by atoms with van der Waals surface area (Å²) in [5, 5.41) is 13.2. The van der Waals surface area contributed by atoms with Gasteiger partial charge in [0.2, 0.25) is 0 Å². The Balaban J connectivity index is 2.53. The van der Waals surface area contributed by atoms with E-state index in [0.717, 1.165) is 18.5 Å². The number of aromatic hydroxyl groups is 1. The molecule has 2 atom stereocenters. The molecule has 0 aliphatic carbocycles. The number of rotatable bonds is 6. The minimum atomic E-state index is 0.383. The van der Waals surface area contributed by atoms with E-state index in [1.807, 2.05) is 18.2 Å². The van der Waals surface area contributed by atoms with Gasteiger partial charge in [-0.1, -0.05) is 45.4 Å². The van der Waals surface area contributed by atoms with Crippen LogP contribution in [0, 0.1) is 5.92 Å². The van der Waals surface area contributed by atoms with Crippen molar-refractivity contribution >= 4 is 0 Å². The molecule has 0 spiro atoms. The maximum Gasteiger partial charge on any atom is 0.120 e. The Bertz CT molecular complexity index is 311. The molecule has 1 aromatic rings. The van der Waals surface area contributed by atoms with Crippen molar-refractivity contribution in [1.82, 2.24) is 5.32 Å². The van der Waals surface area contributed by atoms with Gasteiger partial charge in [-0.25, -0.2) is 0 Å². The van der Waals surface area contributed by atoms with Crippen molar-refractivity contribution in [2.24, 2.45) is 5.92 Å². The van der Waals surface area contributed by atoms with Crippen molar-refractivity contribution in [3.8, 4) is 5.75 Å². The van der Waals surface area contributed by atoms with Crippen LogP contribution in [-0.4, -0.2) is 11.1 Å². The summed E-state index contributed by atoms with van der Waals surface area (Å²) >= 11 is 0. The first-order chi connectivity index (χ1) is 7.69. The summed E-state index contributed by atoms with van der Waals surface area (Å²) in [5.74, 6) is 1.06. The molecule has 0 aliphatic heterocycles. The summed E-state index contributed by atoms with van der Waals surface area (Å²) in [5.41, 5.74) is 0.976. The van der Waals surface area contributed by atoms with E-state index in [-0.39, 0.29) is 0 Å². The van der Waals surface area contributed by atoms with Gasteiger partial charge in [0.15, 0.2) is 0 Å². The second-order valence-corrected chi connectivity index (χ2v) is 4.41. The molecular formula is C14H23NO. The molecule has 0 aromatic heterocycles. The average molecular weight is 221 g/mol. The van der Waals surface area contributed by atoms with Crippen LogP contribution in [0.4, 0.5) is 0 Å². The monoisotopic (exact) mass is 221 g/mol. The first kappa shape index (κ1) is 13.0. The van der Waals surface area contributed by atoms with Crippen molar-refractivity contribution < 1.29 is 5.11 Å². The highest BCUT2D eigenvalue weighted by Crippen LogP contribution is 2.17. The number of phenolic OH excluding ortho intramolecular Hbond substituents is 1. The third-order valence-electron chi connectivity index (χ3n) is 3.32. The van der Waals surface area contributed by atoms with E-state index in [4.69, 9.17) is 0 Å². The molecule has 2 nitrogen and oxygen atoms in total. The molecule has 0 heterocycles. The van der Waals surface area contributed by atoms with Crippen LogP contribution in [0.5, 0.6) is 5.75 Å². The Hall–Kier alpha value is -1.02. The first-order valence-electron chi connectivity index (χ1n) is 6.19. The predicted molar refractivity (Wildman–Crippen MR) is 68.5 cm³/mol. The first-order valence-corrected chi connectivity index (χ1v) is 6.19. The summed E-state index contributed by atoms with van der Waals surface area (Å²) in [7, 11) is 0. The van der Waals surface area contributed by atoms with Gasteiger partial charge in [-0.3, -0.25) is 0 Å². The van der Waals surface area contributed by atoms with E-state index in [0.29, 0.717) is 17.7 Å². The standard InChI is InChI=1S/C14H23NO/c1-4-11(3)13(5-2)15-10-12-8-6-7-9-14(12)16/h6-9,11,13,15-16H,4-5,10H2,1-3H3/t11-,13?/m1/s1. The summed E-state index contributed by atoms with van der Waals surface area (Å²) < 4.78 is 0. The van der Waals surface area contributed by atoms with Gasteiger partial charge >= 0.3 is 0 Å². The number of nitrogens with one attached hydrogen (secondary N) is 1. The molecule has 0 saturated heterocycles. The lowest BCUT2D eigenvalue weighted by Crippen LogP contribution is -2.33. The Kier molecular flexibility index (Phi) is 5.33. The Morgan fingerprint density at radius 1 is 1.19 bits per heavy atom. The Labute approximate surface area is 98.7 Å². The summed E-state index contributed by atoms with van der Waals surface area (Å²) in [6, 6.07) is 8.04. The molecule has 0 bridgehead atoms. The van der Waals surface area contributed by atoms with Crippen molar-refractivity contribution in [3.63, 3.8) is 0 Å². The van der Waals surface area contributed by atoms with Crippen LogP contribution in [0.25, 0.3) is 0 Å². The van der Waals surface area contributed by atoms with Crippen LogP contribution in [-0.2, 0) is 6.54 Å². The Morgan fingerprint density at radius 3 is 2.44 bits per heavy atom. The number of hydrogen-bond acceptors (Lipinski definition) is 2. The maximum atomic E-state index is 9.65. The fourth-order valence-electron chi connectivity index (χ4n) is 1.93. The third kappa shape index (κ3) is 3.53. The molecule has 90 valence electrons. The zero-order valence-corrected chi connectivity index (χ0v) is 10.5. The zero-order valence-electron chi connectivity index (χ0n) is 10.5. The van der Waals surface area contributed by atoms with Crippen LogP contribution in [0.1, 0.15) is 39.2 Å². The lowest BCUT2D eigenvalue weighted by molar-refractivity contribution is 0.353. The quantitative estimate of drug-likeness (QED) is 0.772. The second kappa shape index (κ2) is 6.54. The van der Waals surface area contributed by atoms with Gasteiger partial charge in [-0.2, -0.15) is 0 Å². The van der Waals surface area contributed by atoms with E-state index in [1.54, 1.807) is 6.07 Å². The summed E-state index contributed by atoms with van der Waals surface area (Å²) in [4.78, 5) is 0. The number of para-hydroxylation sites is 1. The normalized spacial score (nSPS) is 14.7. The van der Waals surface area contributed by atoms with E-state index >= 15 is 0 Å². The van der Waals surface area contributed by atoms with E-state index in [1.165, 1.54) is 6.42 Å². The largest absolute Gasteiger partial charge is 0.508 e. The van der Waals surface area contributed by atoms with Crippen LogP contribution in [0.3, 0.4) is 0 Å². The molecule has 1 rings (SSSR count). The molecule has 0 aliphatic rings. The van der Waals surface area contributed by atoms with Gasteiger partial charge in [-0.15, -0.1) is 0 Å². The van der Waals surface area contributed by atoms with Gasteiger partial charge < -0.3 is 10.4 Å². The molecule has 0 fully saturated rings. The number of phenols is 1. The lowest BCUT2D eigenvalue weighted by Gasteiger charge is -2.23. The summed E-state index contributed by atoms with van der Waals surface area (Å²) in [6.07, 6.45) is 2.31. The minimum Gasteiger partial charge on any atom is -0.508 e. The SMILES string of the molecule is CCC(NCc1ccccc1O)[C@H](C)CC. The molecule has 2 N–H and O–H groups in total. The highest BCUT2D eigenvalue weighted by molar-refractivity contribution is 5.31. The highest BCUT2D eigenvalue weighted by Gasteiger charge is 2.13. The van der Waals surface area contributed by atoms with E-state index in [2.05, 4.69) is 26.1 Å². The van der Waals surface area contributed by atoms with Crippen LogP contribution in [0.2, 0.25) is 0 Å². The van der Waals surface area contributed by atoms with E-state index < -0.39 is 0 Å². The molecule has 1 aromatic carbocycles. The fraction of sp³-hybridized carbons (Fsp3) is 0.571. The molecule has 0 amide bonds. The number of hydrogen-bond donors (Lipinski definition) is 2. The smallest absolute Gasteiger partial charge is 0.120 e. The number of benzene rings is 1. The average Bonchev–Trinajstić information content (AvgIpc) is 2.31. The van der Waals surface area contributed by atoms with Crippen molar-refractivity contribution in [2.75, 3.05) is 0 Å². The van der Waals surface area contributed by atoms with Gasteiger partial charge in [-0.05, 0) is 18.4 Å². The van der Waals surface area contributed by atoms with Gasteiger partial charge in [0.1, 0.15) is 5.75 Å². The molecule has 2 heteroatoms. The molecule has 16 heavy (non-hydrogen) atoms. The van der Waals surface area contributed by atoms with Gasteiger partial charge in [0.05, 0.1) is 0 Å². The second-order valence-electron chi connectivity index (χ2n) is 4.41. The van der Waals surface area contributed by atoms with Gasteiger partial charge in [0, 0.05) is 18.2 Å². The minimum absolute atomic E-state index is 0.383. The zero-order chi connectivity index (χ0) is 12.0. The highest BCUT2D eigenvalue weighted by atomic mass is 16.3. The topological polar surface area (TPSA) is 32.3 Å². The molecule has 0 saturated carbocycles. The lowest BCUT2D eigenvalue weighted by atomic mass is 9.97. The van der Waals surface area contributed by atoms with Crippen LogP contribution in [0.15, 0.2) is 24.3 Å². The van der Waals surface area contributed by atoms with Crippen LogP contribution < -0.4 is 5.32 Å². The molecule has 1 unspecified atom stereocenters. The van der Waals surface area contributed by atoms with Crippen molar-refractivity contribution in [3.05, 3.63) is 29.8 Å². The van der Waals surface area contributed by atoms with E-state index in [9.17, 15) is 5.11 Å².